The summed E-state index contributed by atoms with van der Waals surface area (Å²) in [5.74, 6) is 0.0105. The van der Waals surface area contributed by atoms with Gasteiger partial charge >= 0.3 is 0 Å². The summed E-state index contributed by atoms with van der Waals surface area (Å²) in [5, 5.41) is 11.2. The fourth-order valence-corrected chi connectivity index (χ4v) is 4.57. The molecule has 4 nitrogen and oxygen atoms in total. The first kappa shape index (κ1) is 18.9. The maximum atomic E-state index is 13.3. The van der Waals surface area contributed by atoms with Gasteiger partial charge in [-0.15, -0.1) is 0 Å². The van der Waals surface area contributed by atoms with Crippen LogP contribution in [-0.4, -0.2) is 34.0 Å². The zero-order chi connectivity index (χ0) is 20.7. The quantitative estimate of drug-likeness (QED) is 0.456. The molecule has 0 bridgehead atoms. The molecule has 0 unspecified atom stereocenters. The molecule has 4 aromatic rings. The molecule has 0 radical (unpaired) electrons. The molecule has 5 rings (SSSR count). The van der Waals surface area contributed by atoms with Crippen LogP contribution in [0.5, 0.6) is 0 Å². The first-order valence-corrected chi connectivity index (χ1v) is 10.4. The number of aliphatic hydroxyl groups excluding tert-OH is 1. The number of aromatic amines is 1. The van der Waals surface area contributed by atoms with E-state index in [4.69, 9.17) is 11.6 Å². The van der Waals surface area contributed by atoms with Crippen LogP contribution < -0.4 is 0 Å². The van der Waals surface area contributed by atoms with Crippen molar-refractivity contribution in [3.05, 3.63) is 94.5 Å². The van der Waals surface area contributed by atoms with Crippen LogP contribution in [0.3, 0.4) is 0 Å². The zero-order valence-electron chi connectivity index (χ0n) is 16.3. The minimum atomic E-state index is -0.220. The maximum absolute atomic E-state index is 13.3. The number of nitrogens with one attached hydrogen (secondary N) is 1. The first-order valence-electron chi connectivity index (χ1n) is 10.1. The second-order valence-electron chi connectivity index (χ2n) is 7.53. The number of fused-ring (bicyclic) bond motifs is 2. The summed E-state index contributed by atoms with van der Waals surface area (Å²) >= 11 is 6.12. The monoisotopic (exact) mass is 416 g/mol. The number of halogens is 1. The smallest absolute Gasteiger partial charge is 0.255 e. The van der Waals surface area contributed by atoms with E-state index < -0.39 is 0 Å². The number of nitrogens with zero attached hydrogens (tertiary/aromatic N) is 1. The third-order valence-electron chi connectivity index (χ3n) is 5.77. The van der Waals surface area contributed by atoms with E-state index in [1.165, 1.54) is 0 Å². The largest absolute Gasteiger partial charge is 0.396 e. The molecule has 1 aliphatic heterocycles. The van der Waals surface area contributed by atoms with Crippen molar-refractivity contribution in [1.82, 2.24) is 9.88 Å². The third kappa shape index (κ3) is 3.00. The van der Waals surface area contributed by atoms with Crippen molar-refractivity contribution in [3.8, 4) is 11.3 Å². The molecule has 2 heterocycles. The number of aliphatic hydroxyl groups is 1. The van der Waals surface area contributed by atoms with Gasteiger partial charge in [0.15, 0.2) is 0 Å². The van der Waals surface area contributed by atoms with Crippen LogP contribution >= 0.6 is 11.6 Å². The van der Waals surface area contributed by atoms with Crippen LogP contribution in [0.15, 0.2) is 72.8 Å². The topological polar surface area (TPSA) is 56.3 Å². The van der Waals surface area contributed by atoms with Crippen molar-refractivity contribution in [3.63, 3.8) is 0 Å². The molecule has 1 aliphatic rings. The molecule has 3 aromatic carbocycles. The Labute approximate surface area is 179 Å². The standard InChI is InChI=1S/C25H21ClN2O2/c26-17-12-10-16(11-13-17)23-22(20-8-3-4-9-21(20)27-23)24-18-6-1-2-7-19(18)25(30)28(24)14-5-15-29/h1-4,6-13,24,27,29H,5,14-15H2/t24-/m0/s1. The highest BCUT2D eigenvalue weighted by molar-refractivity contribution is 6.30. The van der Waals surface area contributed by atoms with Crippen molar-refractivity contribution in [1.29, 1.82) is 0 Å². The lowest BCUT2D eigenvalue weighted by atomic mass is 9.93. The molecule has 1 atom stereocenters. The highest BCUT2D eigenvalue weighted by Crippen LogP contribution is 2.45. The number of hydrogen-bond donors (Lipinski definition) is 2. The molecule has 0 saturated carbocycles. The fourth-order valence-electron chi connectivity index (χ4n) is 4.45. The molecule has 0 fully saturated rings. The highest BCUT2D eigenvalue weighted by Gasteiger charge is 2.39. The van der Waals surface area contributed by atoms with Crippen LogP contribution in [0.25, 0.3) is 22.2 Å². The number of amides is 1. The predicted molar refractivity (Wildman–Crippen MR) is 120 cm³/mol. The maximum Gasteiger partial charge on any atom is 0.255 e. The lowest BCUT2D eigenvalue weighted by Gasteiger charge is -2.26. The molecular formula is C25H21ClN2O2. The van der Waals surface area contributed by atoms with E-state index in [9.17, 15) is 9.90 Å². The Bertz CT molecular complexity index is 1230. The van der Waals surface area contributed by atoms with E-state index in [1.54, 1.807) is 0 Å². The van der Waals surface area contributed by atoms with E-state index in [1.807, 2.05) is 65.6 Å². The Morgan fingerprint density at radius 3 is 2.50 bits per heavy atom. The minimum absolute atomic E-state index is 0.0105. The fraction of sp³-hybridized carbons (Fsp3) is 0.160. The van der Waals surface area contributed by atoms with Gasteiger partial charge in [0.05, 0.1) is 11.7 Å². The normalized spacial score (nSPS) is 15.7. The molecule has 0 saturated heterocycles. The van der Waals surface area contributed by atoms with E-state index in [-0.39, 0.29) is 18.6 Å². The molecule has 1 amide bonds. The van der Waals surface area contributed by atoms with Crippen molar-refractivity contribution in [2.45, 2.75) is 12.5 Å². The van der Waals surface area contributed by atoms with Crippen LogP contribution in [0.2, 0.25) is 5.02 Å². The highest BCUT2D eigenvalue weighted by atomic mass is 35.5. The van der Waals surface area contributed by atoms with E-state index in [0.29, 0.717) is 18.0 Å². The Hall–Kier alpha value is -3.08. The van der Waals surface area contributed by atoms with Gasteiger partial charge in [-0.05, 0) is 41.8 Å². The summed E-state index contributed by atoms with van der Waals surface area (Å²) in [6.45, 7) is 0.541. The van der Waals surface area contributed by atoms with Crippen molar-refractivity contribution in [2.24, 2.45) is 0 Å². The summed E-state index contributed by atoms with van der Waals surface area (Å²) < 4.78 is 0. The number of H-pyrrole nitrogens is 1. The SMILES string of the molecule is O=C1c2ccccc2[C@@H](c2c(-c3ccc(Cl)cc3)[nH]c3ccccc23)N1CCCO. The number of carbonyl (C=O) groups excluding carboxylic acids is 1. The molecule has 5 heteroatoms. The van der Waals surface area contributed by atoms with Crippen LogP contribution in [0, 0.1) is 0 Å². The second-order valence-corrected chi connectivity index (χ2v) is 7.97. The van der Waals surface area contributed by atoms with Gasteiger partial charge in [-0.25, -0.2) is 0 Å². The van der Waals surface area contributed by atoms with Gasteiger partial charge in [0.1, 0.15) is 0 Å². The first-order chi connectivity index (χ1) is 14.7. The Kier molecular flexibility index (Phi) is 4.81. The Morgan fingerprint density at radius 2 is 1.70 bits per heavy atom. The number of aromatic nitrogens is 1. The van der Waals surface area contributed by atoms with Crippen LogP contribution in [0.4, 0.5) is 0 Å². The molecular weight excluding hydrogens is 396 g/mol. The average Bonchev–Trinajstić information content (AvgIpc) is 3.28. The number of hydrogen-bond acceptors (Lipinski definition) is 2. The van der Waals surface area contributed by atoms with Crippen molar-refractivity contribution in [2.75, 3.05) is 13.2 Å². The predicted octanol–water partition coefficient (Wildman–Crippen LogP) is 5.42. The molecule has 2 N–H and O–H groups in total. The van der Waals surface area contributed by atoms with E-state index in [0.717, 1.165) is 38.9 Å². The van der Waals surface area contributed by atoms with E-state index >= 15 is 0 Å². The molecule has 0 aliphatic carbocycles. The Balaban J connectivity index is 1.77. The third-order valence-corrected chi connectivity index (χ3v) is 6.02. The van der Waals surface area contributed by atoms with Crippen LogP contribution in [0.1, 0.15) is 33.9 Å². The average molecular weight is 417 g/mol. The summed E-state index contributed by atoms with van der Waals surface area (Å²) in [6, 6.07) is 23.5. The summed E-state index contributed by atoms with van der Waals surface area (Å²) in [6.07, 6.45) is 0.537. The summed E-state index contributed by atoms with van der Waals surface area (Å²) in [4.78, 5) is 18.7. The summed E-state index contributed by atoms with van der Waals surface area (Å²) in [7, 11) is 0. The molecule has 30 heavy (non-hydrogen) atoms. The van der Waals surface area contributed by atoms with Gasteiger partial charge < -0.3 is 15.0 Å². The minimum Gasteiger partial charge on any atom is -0.396 e. The molecule has 150 valence electrons. The van der Waals surface area contributed by atoms with Gasteiger partial charge in [0, 0.05) is 40.2 Å². The lowest BCUT2D eigenvalue weighted by Crippen LogP contribution is -2.30. The van der Waals surface area contributed by atoms with Gasteiger partial charge in [-0.1, -0.05) is 60.1 Å². The number of rotatable bonds is 5. The van der Waals surface area contributed by atoms with Gasteiger partial charge in [0.2, 0.25) is 0 Å². The van der Waals surface area contributed by atoms with Crippen LogP contribution in [-0.2, 0) is 0 Å². The molecule has 1 aromatic heterocycles. The number of para-hydroxylation sites is 1. The Morgan fingerprint density at radius 1 is 0.967 bits per heavy atom. The molecule has 0 spiro atoms. The number of benzene rings is 3. The number of carbonyl (C=O) groups is 1. The van der Waals surface area contributed by atoms with Crippen molar-refractivity contribution >= 4 is 28.4 Å². The van der Waals surface area contributed by atoms with Gasteiger partial charge in [-0.2, -0.15) is 0 Å². The lowest BCUT2D eigenvalue weighted by molar-refractivity contribution is 0.0739. The van der Waals surface area contributed by atoms with E-state index in [2.05, 4.69) is 17.1 Å². The van der Waals surface area contributed by atoms with Crippen molar-refractivity contribution < 1.29 is 9.90 Å². The van der Waals surface area contributed by atoms with Gasteiger partial charge in [-0.3, -0.25) is 4.79 Å². The van der Waals surface area contributed by atoms with Gasteiger partial charge in [0.25, 0.3) is 5.91 Å². The second kappa shape index (κ2) is 7.63. The summed E-state index contributed by atoms with van der Waals surface area (Å²) in [5.41, 5.74) is 5.83. The zero-order valence-corrected chi connectivity index (χ0v) is 17.1.